The van der Waals surface area contributed by atoms with Crippen molar-refractivity contribution in [2.75, 3.05) is 51.5 Å². The number of benzene rings is 1. The zero-order valence-corrected chi connectivity index (χ0v) is 14.7. The maximum Gasteiger partial charge on any atom is 0.311 e. The van der Waals surface area contributed by atoms with E-state index in [0.29, 0.717) is 37.7 Å². The molecule has 0 saturated carbocycles. The highest BCUT2D eigenvalue weighted by Crippen LogP contribution is 2.33. The fourth-order valence-corrected chi connectivity index (χ4v) is 3.11. The third kappa shape index (κ3) is 3.96. The number of carbonyl (C=O) groups excluding carboxylic acids is 3. The Labute approximate surface area is 151 Å². The molecule has 0 spiro atoms. The molecule has 2 amide bonds. The zero-order chi connectivity index (χ0) is 18.5. The van der Waals surface area contributed by atoms with Gasteiger partial charge in [-0.25, -0.2) is 0 Å². The molecule has 0 aromatic heterocycles. The van der Waals surface area contributed by atoms with Gasteiger partial charge in [0.2, 0.25) is 5.91 Å². The molecule has 1 aromatic rings. The molecule has 0 bridgehead atoms. The number of hydrogen-bond acceptors (Lipinski definition) is 6. The summed E-state index contributed by atoms with van der Waals surface area (Å²) < 4.78 is 15.6. The summed E-state index contributed by atoms with van der Waals surface area (Å²) in [6.45, 7) is 1.89. The van der Waals surface area contributed by atoms with Gasteiger partial charge in [0.1, 0.15) is 5.75 Å². The third-order valence-electron chi connectivity index (χ3n) is 4.54. The van der Waals surface area contributed by atoms with Crippen molar-refractivity contribution < 1.29 is 28.6 Å². The molecule has 2 aliphatic rings. The van der Waals surface area contributed by atoms with Crippen molar-refractivity contribution in [1.29, 1.82) is 0 Å². The molecule has 8 nitrogen and oxygen atoms in total. The molecule has 0 radical (unpaired) electrons. The van der Waals surface area contributed by atoms with Gasteiger partial charge in [-0.3, -0.25) is 14.4 Å². The number of anilines is 1. The highest BCUT2D eigenvalue weighted by atomic mass is 16.5. The zero-order valence-electron chi connectivity index (χ0n) is 14.7. The molecular weight excluding hydrogens is 340 g/mol. The van der Waals surface area contributed by atoms with E-state index in [0.717, 1.165) is 0 Å². The fraction of sp³-hybridized carbons (Fsp3) is 0.500. The lowest BCUT2D eigenvalue weighted by Crippen LogP contribution is -2.43. The minimum atomic E-state index is -0.593. The first-order valence-corrected chi connectivity index (χ1v) is 8.55. The third-order valence-corrected chi connectivity index (χ3v) is 4.54. The number of morpholine rings is 1. The van der Waals surface area contributed by atoms with E-state index in [1.54, 1.807) is 23.1 Å². The van der Waals surface area contributed by atoms with Gasteiger partial charge < -0.3 is 24.0 Å². The number of methoxy groups -OCH3 is 1. The predicted octanol–water partition coefficient (Wildman–Crippen LogP) is 0.450. The predicted molar refractivity (Wildman–Crippen MR) is 91.8 cm³/mol. The van der Waals surface area contributed by atoms with E-state index in [1.165, 1.54) is 12.0 Å². The Kier molecular flexibility index (Phi) is 5.72. The first-order valence-electron chi connectivity index (χ1n) is 8.55. The molecule has 1 aromatic carbocycles. The average molecular weight is 362 g/mol. The molecular formula is C18H22N2O6. The van der Waals surface area contributed by atoms with Crippen LogP contribution in [0.3, 0.4) is 0 Å². The summed E-state index contributed by atoms with van der Waals surface area (Å²) in [6, 6.07) is 7.14. The van der Waals surface area contributed by atoms with Crippen LogP contribution in [-0.4, -0.2) is 69.2 Å². The van der Waals surface area contributed by atoms with Crippen molar-refractivity contribution in [2.45, 2.75) is 6.42 Å². The van der Waals surface area contributed by atoms with Crippen molar-refractivity contribution in [1.82, 2.24) is 4.90 Å². The summed E-state index contributed by atoms with van der Waals surface area (Å²) in [4.78, 5) is 39.8. The Bertz CT molecular complexity index is 686. The van der Waals surface area contributed by atoms with Gasteiger partial charge in [-0.2, -0.15) is 0 Å². The molecule has 2 fully saturated rings. The van der Waals surface area contributed by atoms with Crippen LogP contribution in [0, 0.1) is 5.92 Å². The number of rotatable bonds is 5. The van der Waals surface area contributed by atoms with Gasteiger partial charge in [0.05, 0.1) is 31.9 Å². The minimum absolute atomic E-state index is 0.0582. The fourth-order valence-electron chi connectivity index (χ4n) is 3.11. The largest absolute Gasteiger partial charge is 0.495 e. The molecule has 1 atom stereocenters. The van der Waals surface area contributed by atoms with Gasteiger partial charge in [-0.05, 0) is 12.1 Å². The van der Waals surface area contributed by atoms with E-state index in [2.05, 4.69) is 0 Å². The number of carbonyl (C=O) groups is 3. The molecule has 0 aliphatic carbocycles. The topological polar surface area (TPSA) is 85.4 Å². The molecule has 0 N–H and O–H groups in total. The molecule has 8 heteroatoms. The highest BCUT2D eigenvalue weighted by Gasteiger charge is 2.37. The number of nitrogens with zero attached hydrogens (tertiary/aromatic N) is 2. The maximum absolute atomic E-state index is 12.3. The first-order chi connectivity index (χ1) is 12.6. The van der Waals surface area contributed by atoms with Crippen LogP contribution < -0.4 is 9.64 Å². The van der Waals surface area contributed by atoms with Crippen molar-refractivity contribution >= 4 is 23.5 Å². The lowest BCUT2D eigenvalue weighted by atomic mass is 10.1. The first kappa shape index (κ1) is 18.2. The molecule has 3 rings (SSSR count). The maximum atomic E-state index is 12.3. The van der Waals surface area contributed by atoms with Crippen LogP contribution in [0.4, 0.5) is 5.69 Å². The summed E-state index contributed by atoms with van der Waals surface area (Å²) in [5.41, 5.74) is 0.625. The summed E-state index contributed by atoms with van der Waals surface area (Å²) in [5.74, 6) is -0.969. The lowest BCUT2D eigenvalue weighted by molar-refractivity contribution is -0.156. The van der Waals surface area contributed by atoms with Crippen LogP contribution in [0.5, 0.6) is 5.75 Å². The number of esters is 1. The van der Waals surface area contributed by atoms with E-state index in [-0.39, 0.29) is 31.4 Å². The van der Waals surface area contributed by atoms with E-state index < -0.39 is 11.9 Å². The monoisotopic (exact) mass is 362 g/mol. The number of amides is 2. The van der Waals surface area contributed by atoms with E-state index in [1.807, 2.05) is 6.07 Å². The van der Waals surface area contributed by atoms with Crippen molar-refractivity contribution in [3.63, 3.8) is 0 Å². The van der Waals surface area contributed by atoms with Gasteiger partial charge >= 0.3 is 5.97 Å². The van der Waals surface area contributed by atoms with Crippen LogP contribution in [0.2, 0.25) is 0 Å². The SMILES string of the molecule is COc1ccccc1N1C[C@H](C(=O)OCC(=O)N2CCOCC2)CC1=O. The van der Waals surface area contributed by atoms with E-state index >= 15 is 0 Å². The van der Waals surface area contributed by atoms with Gasteiger partial charge in [0.25, 0.3) is 5.91 Å². The Balaban J connectivity index is 1.56. The lowest BCUT2D eigenvalue weighted by Gasteiger charge is -2.26. The second-order valence-corrected chi connectivity index (χ2v) is 6.18. The second kappa shape index (κ2) is 8.18. The van der Waals surface area contributed by atoms with Crippen LogP contribution in [0.15, 0.2) is 24.3 Å². The van der Waals surface area contributed by atoms with E-state index in [9.17, 15) is 14.4 Å². The van der Waals surface area contributed by atoms with Gasteiger partial charge in [-0.1, -0.05) is 12.1 Å². The average Bonchev–Trinajstić information content (AvgIpc) is 3.08. The number of para-hydroxylation sites is 2. The number of ether oxygens (including phenoxy) is 3. The molecule has 2 heterocycles. The molecule has 0 unspecified atom stereocenters. The molecule has 2 aliphatic heterocycles. The Morgan fingerprint density at radius 1 is 1.23 bits per heavy atom. The summed E-state index contributed by atoms with van der Waals surface area (Å²) in [6.07, 6.45) is 0.0582. The standard InChI is InChI=1S/C18H22N2O6/c1-24-15-5-3-2-4-14(15)20-11-13(10-16(20)21)18(23)26-12-17(22)19-6-8-25-9-7-19/h2-5,13H,6-12H2,1H3/t13-/m1/s1. The van der Waals surface area contributed by atoms with Crippen molar-refractivity contribution in [3.8, 4) is 5.75 Å². The van der Waals surface area contributed by atoms with Crippen molar-refractivity contribution in [3.05, 3.63) is 24.3 Å². The van der Waals surface area contributed by atoms with Crippen LogP contribution in [0.25, 0.3) is 0 Å². The normalized spacial score (nSPS) is 20.2. The number of hydrogen-bond donors (Lipinski definition) is 0. The van der Waals surface area contributed by atoms with Crippen LogP contribution >= 0.6 is 0 Å². The summed E-state index contributed by atoms with van der Waals surface area (Å²) in [7, 11) is 1.53. The molecule has 2 saturated heterocycles. The van der Waals surface area contributed by atoms with E-state index in [4.69, 9.17) is 14.2 Å². The van der Waals surface area contributed by atoms with Gasteiger partial charge in [0, 0.05) is 26.1 Å². The van der Waals surface area contributed by atoms with Crippen LogP contribution in [0.1, 0.15) is 6.42 Å². The molecule has 26 heavy (non-hydrogen) atoms. The van der Waals surface area contributed by atoms with Gasteiger partial charge in [0.15, 0.2) is 6.61 Å². The minimum Gasteiger partial charge on any atom is -0.495 e. The smallest absolute Gasteiger partial charge is 0.311 e. The summed E-state index contributed by atoms with van der Waals surface area (Å²) in [5, 5.41) is 0. The quantitative estimate of drug-likeness (QED) is 0.707. The highest BCUT2D eigenvalue weighted by molar-refractivity contribution is 6.00. The van der Waals surface area contributed by atoms with Crippen molar-refractivity contribution in [2.24, 2.45) is 5.92 Å². The Hall–Kier alpha value is -2.61. The molecule has 140 valence electrons. The van der Waals surface area contributed by atoms with Gasteiger partial charge in [-0.15, -0.1) is 0 Å². The second-order valence-electron chi connectivity index (χ2n) is 6.18. The Morgan fingerprint density at radius 3 is 2.69 bits per heavy atom. The Morgan fingerprint density at radius 2 is 1.96 bits per heavy atom. The summed E-state index contributed by atoms with van der Waals surface area (Å²) >= 11 is 0. The van der Waals surface area contributed by atoms with Crippen LogP contribution in [-0.2, 0) is 23.9 Å².